The van der Waals surface area contributed by atoms with E-state index in [1.807, 2.05) is 11.4 Å². The summed E-state index contributed by atoms with van der Waals surface area (Å²) in [4.78, 5) is 21.9. The number of aromatic nitrogens is 2. The Bertz CT molecular complexity index is 1280. The lowest BCUT2D eigenvalue weighted by Crippen LogP contribution is -2.24. The van der Waals surface area contributed by atoms with Gasteiger partial charge in [-0.2, -0.15) is 8.42 Å². The fraction of sp³-hybridized carbons (Fsp3) is 0.318. The summed E-state index contributed by atoms with van der Waals surface area (Å²) in [5, 5.41) is 20.1. The van der Waals surface area contributed by atoms with Gasteiger partial charge in [-0.3, -0.25) is 8.98 Å². The number of carbonyl (C=O) groups excluding carboxylic acids is 1. The molecule has 0 aliphatic heterocycles. The van der Waals surface area contributed by atoms with Gasteiger partial charge in [-0.05, 0) is 54.0 Å². The minimum absolute atomic E-state index is 0.225. The Labute approximate surface area is 200 Å². The van der Waals surface area contributed by atoms with Crippen molar-refractivity contribution in [3.63, 3.8) is 0 Å². The predicted octanol–water partition coefficient (Wildman–Crippen LogP) is 2.27. The quantitative estimate of drug-likeness (QED) is 0.375. The maximum absolute atomic E-state index is 13.5. The van der Waals surface area contributed by atoms with Crippen molar-refractivity contribution >= 4 is 33.2 Å². The molecule has 9 nitrogen and oxygen atoms in total. The maximum atomic E-state index is 13.5. The number of hydrogen-bond donors (Lipinski definition) is 3. The monoisotopic (exact) mass is 506 g/mol. The van der Waals surface area contributed by atoms with Gasteiger partial charge >= 0.3 is 10.3 Å². The number of anilines is 1. The predicted molar refractivity (Wildman–Crippen MR) is 124 cm³/mol. The van der Waals surface area contributed by atoms with Crippen LogP contribution in [0.1, 0.15) is 39.2 Å². The van der Waals surface area contributed by atoms with Crippen LogP contribution in [0.3, 0.4) is 0 Å². The molecule has 0 spiro atoms. The Kier molecular flexibility index (Phi) is 7.33. The average Bonchev–Trinajstić information content (AvgIpc) is 3.38. The topological polar surface area (TPSA) is 144 Å². The van der Waals surface area contributed by atoms with Gasteiger partial charge in [-0.15, -0.1) is 11.3 Å². The van der Waals surface area contributed by atoms with Crippen LogP contribution in [-0.4, -0.2) is 48.0 Å². The molecule has 1 saturated carbocycles. The van der Waals surface area contributed by atoms with Crippen LogP contribution in [0.25, 0.3) is 0 Å². The van der Waals surface area contributed by atoms with Gasteiger partial charge in [-0.1, -0.05) is 12.1 Å². The molecule has 4 N–H and O–H groups in total. The van der Waals surface area contributed by atoms with E-state index < -0.39 is 22.3 Å². The number of nitrogens with one attached hydrogen (secondary N) is 1. The van der Waals surface area contributed by atoms with Crippen molar-refractivity contribution in [2.45, 2.75) is 31.4 Å². The summed E-state index contributed by atoms with van der Waals surface area (Å²) < 4.78 is 40.1. The first-order valence-corrected chi connectivity index (χ1v) is 12.8. The van der Waals surface area contributed by atoms with Crippen LogP contribution in [0.15, 0.2) is 48.2 Å². The molecule has 1 aliphatic carbocycles. The van der Waals surface area contributed by atoms with Gasteiger partial charge in [0.2, 0.25) is 5.78 Å². The van der Waals surface area contributed by atoms with Gasteiger partial charge in [0.1, 0.15) is 18.0 Å². The lowest BCUT2D eigenvalue weighted by Gasteiger charge is -2.15. The molecule has 0 bridgehead atoms. The van der Waals surface area contributed by atoms with Gasteiger partial charge in [0.15, 0.2) is 0 Å². The Morgan fingerprint density at radius 2 is 2.12 bits per heavy atom. The van der Waals surface area contributed by atoms with E-state index in [0.29, 0.717) is 30.0 Å². The Hall–Kier alpha value is -2.77. The minimum Gasteiger partial charge on any atom is -0.393 e. The third kappa shape index (κ3) is 6.21. The first-order chi connectivity index (χ1) is 16.2. The number of aliphatic hydroxyl groups excluding tert-OH is 1. The molecule has 1 fully saturated rings. The van der Waals surface area contributed by atoms with Crippen LogP contribution in [0.5, 0.6) is 0 Å². The van der Waals surface area contributed by atoms with Crippen LogP contribution < -0.4 is 10.5 Å². The summed E-state index contributed by atoms with van der Waals surface area (Å²) in [7, 11) is -4.09. The second-order valence-electron chi connectivity index (χ2n) is 8.16. The first kappa shape index (κ1) is 24.4. The van der Waals surface area contributed by atoms with Crippen molar-refractivity contribution in [3.05, 3.63) is 75.6 Å². The van der Waals surface area contributed by atoms with E-state index in [4.69, 9.17) is 5.14 Å². The molecule has 1 aromatic carbocycles. The minimum atomic E-state index is -4.09. The van der Waals surface area contributed by atoms with Crippen LogP contribution >= 0.6 is 11.3 Å². The second kappa shape index (κ2) is 10.2. The van der Waals surface area contributed by atoms with Gasteiger partial charge < -0.3 is 10.4 Å². The van der Waals surface area contributed by atoms with Crippen molar-refractivity contribution in [2.75, 3.05) is 11.9 Å². The number of thiophene rings is 1. The van der Waals surface area contributed by atoms with E-state index in [1.54, 1.807) is 12.1 Å². The Balaban J connectivity index is 1.44. The molecule has 0 radical (unpaired) electrons. The molecule has 2 heterocycles. The molecule has 3 atom stereocenters. The lowest BCUT2D eigenvalue weighted by atomic mass is 10.1. The zero-order chi connectivity index (χ0) is 24.3. The highest BCUT2D eigenvalue weighted by Crippen LogP contribution is 2.30. The average molecular weight is 507 g/mol. The third-order valence-corrected chi connectivity index (χ3v) is 7.02. The Morgan fingerprint density at radius 3 is 2.88 bits per heavy atom. The van der Waals surface area contributed by atoms with Crippen molar-refractivity contribution < 1.29 is 26.9 Å². The smallest absolute Gasteiger partial charge is 0.333 e. The summed E-state index contributed by atoms with van der Waals surface area (Å²) in [5.41, 5.74) is 1.98. The maximum Gasteiger partial charge on any atom is 0.333 e. The summed E-state index contributed by atoms with van der Waals surface area (Å²) in [6.45, 7) is -0.225. The van der Waals surface area contributed by atoms with Crippen molar-refractivity contribution in [1.82, 2.24) is 9.97 Å². The first-order valence-electron chi connectivity index (χ1n) is 10.5. The summed E-state index contributed by atoms with van der Waals surface area (Å²) in [6, 6.07) is 7.84. The van der Waals surface area contributed by atoms with Crippen LogP contribution in [0, 0.1) is 11.7 Å². The van der Waals surface area contributed by atoms with Gasteiger partial charge in [0.25, 0.3) is 0 Å². The summed E-state index contributed by atoms with van der Waals surface area (Å²) >= 11 is 1.29. The number of ketones is 1. The molecule has 12 heteroatoms. The summed E-state index contributed by atoms with van der Waals surface area (Å²) in [5.74, 6) is -0.673. The standard InChI is InChI=1S/C22H23FN4O5S2/c23-16-3-1-2-13(5-16)4-14-6-20(33-11-14)21(29)18-9-25-12-26-22(18)27-17-7-15(19(28)8-17)10-32-34(24,30)31/h1-3,5-6,9,11-12,15,17,19,28H,4,7-8,10H2,(H2,24,30,31)(H,25,26,27)/t15-,17-,19+/m1/s1. The van der Waals surface area contributed by atoms with E-state index >= 15 is 0 Å². The fourth-order valence-corrected chi connectivity index (χ4v) is 5.22. The fourth-order valence-electron chi connectivity index (χ4n) is 3.99. The van der Waals surface area contributed by atoms with E-state index in [0.717, 1.165) is 11.1 Å². The number of aliphatic hydroxyl groups is 1. The van der Waals surface area contributed by atoms with Crippen LogP contribution in [0.4, 0.5) is 10.2 Å². The normalized spacial score (nSPS) is 20.4. The number of rotatable bonds is 9. The zero-order valence-corrected chi connectivity index (χ0v) is 19.6. The Morgan fingerprint density at radius 1 is 1.29 bits per heavy atom. The molecule has 2 aromatic heterocycles. The molecule has 180 valence electrons. The molecule has 3 aromatic rings. The molecule has 1 aliphatic rings. The molecule has 0 saturated heterocycles. The SMILES string of the molecule is NS(=O)(=O)OC[C@H]1C[C@@H](Nc2ncncc2C(=O)c2cc(Cc3cccc(F)c3)cs2)C[C@@H]1O. The number of carbonyl (C=O) groups is 1. The van der Waals surface area contributed by atoms with Gasteiger partial charge in [-0.25, -0.2) is 19.5 Å². The second-order valence-corrected chi connectivity index (χ2v) is 10.3. The molecular weight excluding hydrogens is 483 g/mol. The van der Waals surface area contributed by atoms with Crippen molar-refractivity contribution in [1.29, 1.82) is 0 Å². The molecular formula is C22H23FN4O5S2. The molecule has 34 heavy (non-hydrogen) atoms. The molecule has 0 unspecified atom stereocenters. The van der Waals surface area contributed by atoms with E-state index in [-0.39, 0.29) is 29.8 Å². The summed E-state index contributed by atoms with van der Waals surface area (Å²) in [6.07, 6.45) is 3.19. The highest BCUT2D eigenvalue weighted by Gasteiger charge is 2.34. The number of nitrogens with two attached hydrogens (primary N) is 1. The van der Waals surface area contributed by atoms with Crippen molar-refractivity contribution in [3.8, 4) is 0 Å². The highest BCUT2D eigenvalue weighted by molar-refractivity contribution is 7.84. The third-order valence-electron chi connectivity index (χ3n) is 5.58. The van der Waals surface area contributed by atoms with Gasteiger partial charge in [0.05, 0.1) is 23.2 Å². The van der Waals surface area contributed by atoms with E-state index in [9.17, 15) is 22.7 Å². The number of hydrogen-bond acceptors (Lipinski definition) is 9. The number of benzene rings is 1. The van der Waals surface area contributed by atoms with Crippen LogP contribution in [0.2, 0.25) is 0 Å². The lowest BCUT2D eigenvalue weighted by molar-refractivity contribution is 0.101. The zero-order valence-electron chi connectivity index (χ0n) is 17.9. The number of halogens is 1. The van der Waals surface area contributed by atoms with Crippen molar-refractivity contribution in [2.24, 2.45) is 11.1 Å². The van der Waals surface area contributed by atoms with E-state index in [1.165, 1.54) is 36.0 Å². The highest BCUT2D eigenvalue weighted by atomic mass is 32.2. The largest absolute Gasteiger partial charge is 0.393 e. The van der Waals surface area contributed by atoms with Crippen LogP contribution in [-0.2, 0) is 20.9 Å². The molecule has 0 amide bonds. The number of nitrogens with zero attached hydrogens (tertiary/aromatic N) is 2. The van der Waals surface area contributed by atoms with Gasteiger partial charge in [0, 0.05) is 18.2 Å². The molecule has 4 rings (SSSR count). The van der Waals surface area contributed by atoms with E-state index in [2.05, 4.69) is 19.5 Å².